The van der Waals surface area contributed by atoms with Gasteiger partial charge in [0.25, 0.3) is 22.6 Å². The second-order valence-corrected chi connectivity index (χ2v) is 16.1. The highest BCUT2D eigenvalue weighted by Gasteiger charge is 2.67. The summed E-state index contributed by atoms with van der Waals surface area (Å²) >= 11 is 0. The van der Waals surface area contributed by atoms with Crippen molar-refractivity contribution in [2.75, 3.05) is 4.72 Å². The number of hydrogen-bond acceptors (Lipinski definition) is 7. The SMILES string of the molecule is CC1CC=C(c2ccc(C#CC(C)(C)O)nc2C(Cc2cc(F)cc(F)c2)NC(=O)Cn2nc(C(F)F)c3c2C(F)(F)[C@@H]2C[C@H]32)c2c1c(NS(N)(=O)=O)nn2C. The van der Waals surface area contributed by atoms with Gasteiger partial charge in [-0.05, 0) is 80.7 Å². The average molecular weight is 803 g/mol. The lowest BCUT2D eigenvalue weighted by Gasteiger charge is -2.26. The van der Waals surface area contributed by atoms with E-state index in [0.29, 0.717) is 39.6 Å². The zero-order valence-corrected chi connectivity index (χ0v) is 31.2. The number of pyridine rings is 1. The number of hydrogen-bond donors (Lipinski definition) is 4. The number of nitrogens with one attached hydrogen (secondary N) is 2. The number of benzene rings is 1. The normalized spacial score (nSPS) is 20.0. The first-order chi connectivity index (χ1) is 26.1. The van der Waals surface area contributed by atoms with Crippen molar-refractivity contribution in [1.29, 1.82) is 0 Å². The molecule has 12 nitrogen and oxygen atoms in total. The highest BCUT2D eigenvalue weighted by Crippen LogP contribution is 2.68. The number of aromatic nitrogens is 5. The van der Waals surface area contributed by atoms with Crippen LogP contribution in [0.5, 0.6) is 0 Å². The van der Waals surface area contributed by atoms with E-state index >= 15 is 8.78 Å². The monoisotopic (exact) mass is 802 g/mol. The summed E-state index contributed by atoms with van der Waals surface area (Å²) in [6.07, 6.45) is -1.25. The molecule has 0 bridgehead atoms. The lowest BCUT2D eigenvalue weighted by atomic mass is 9.83. The van der Waals surface area contributed by atoms with Crippen molar-refractivity contribution in [2.45, 2.75) is 82.4 Å². The number of anilines is 1. The Bertz CT molecular complexity index is 2460. The van der Waals surface area contributed by atoms with Gasteiger partial charge >= 0.3 is 0 Å². The predicted molar refractivity (Wildman–Crippen MR) is 190 cm³/mol. The molecule has 0 saturated heterocycles. The third kappa shape index (κ3) is 7.52. The van der Waals surface area contributed by atoms with Crippen molar-refractivity contribution >= 4 is 27.5 Å². The van der Waals surface area contributed by atoms with E-state index in [0.717, 1.165) is 12.1 Å². The number of rotatable bonds is 10. The highest BCUT2D eigenvalue weighted by molar-refractivity contribution is 7.90. The summed E-state index contributed by atoms with van der Waals surface area (Å²) in [7, 11) is -2.67. The van der Waals surface area contributed by atoms with Crippen LogP contribution in [0.25, 0.3) is 5.57 Å². The maximum Gasteiger partial charge on any atom is 0.297 e. The Balaban J connectivity index is 1.36. The largest absolute Gasteiger partial charge is 0.378 e. The molecule has 4 aromatic rings. The van der Waals surface area contributed by atoms with Gasteiger partial charge in [-0.2, -0.15) is 27.4 Å². The molecule has 3 aliphatic carbocycles. The lowest BCUT2D eigenvalue weighted by Crippen LogP contribution is -2.35. The van der Waals surface area contributed by atoms with Crippen LogP contribution in [0.2, 0.25) is 0 Å². The first-order valence-electron chi connectivity index (χ1n) is 17.5. The lowest BCUT2D eigenvalue weighted by molar-refractivity contribution is -0.123. The van der Waals surface area contributed by atoms with Gasteiger partial charge in [0.15, 0.2) is 5.82 Å². The van der Waals surface area contributed by atoms with Crippen molar-refractivity contribution in [3.05, 3.63) is 98.8 Å². The van der Waals surface area contributed by atoms with E-state index in [4.69, 9.17) is 10.1 Å². The summed E-state index contributed by atoms with van der Waals surface area (Å²) in [6.45, 7) is 3.83. The number of alkyl halides is 4. The molecule has 56 heavy (non-hydrogen) atoms. The standard InChI is InChI=1S/C37H36F6N8O4S/c1-17-5-7-23(32-28(17)35(48-50(32)4)49-56(44,54)55)22-8-6-21(9-10-36(2,3)53)45-30(22)26(13-18-11-19(38)14-20(39)12-18)46-27(52)16-51-33-29(31(47-51)34(40)41)24-15-25(24)37(33,42)43/h6-8,11-12,14,17,24-26,34,53H,5,13,15-16H2,1-4H3,(H,46,52)(H,48,49)(H2,44,54,55)/t17?,24-,25+,26?/m0/s1. The number of fused-ring (bicyclic) bond motifs is 4. The van der Waals surface area contributed by atoms with E-state index in [-0.39, 0.29) is 47.1 Å². The molecular formula is C37H36F6N8O4S. The number of allylic oxidation sites excluding steroid dienone is 1. The number of nitrogens with two attached hydrogens (primary N) is 1. The Morgan fingerprint density at radius 1 is 1.12 bits per heavy atom. The molecule has 4 atom stereocenters. The van der Waals surface area contributed by atoms with Gasteiger partial charge in [0.1, 0.15) is 40.9 Å². The Morgan fingerprint density at radius 2 is 1.82 bits per heavy atom. The van der Waals surface area contributed by atoms with Gasteiger partial charge in [-0.15, -0.1) is 0 Å². The fourth-order valence-electron chi connectivity index (χ4n) is 7.67. The Morgan fingerprint density at radius 3 is 2.46 bits per heavy atom. The van der Waals surface area contributed by atoms with Gasteiger partial charge in [0, 0.05) is 41.3 Å². The fraction of sp³-hybridized carbons (Fsp3) is 0.405. The molecular weight excluding hydrogens is 767 g/mol. The quantitative estimate of drug-likeness (QED) is 0.126. The molecule has 0 radical (unpaired) electrons. The second kappa shape index (κ2) is 13.8. The molecule has 2 unspecified atom stereocenters. The summed E-state index contributed by atoms with van der Waals surface area (Å²) in [5.74, 6) is -3.11. The van der Waals surface area contributed by atoms with Gasteiger partial charge in [0.05, 0.1) is 17.4 Å². The van der Waals surface area contributed by atoms with Gasteiger partial charge in [-0.25, -0.2) is 27.7 Å². The topological polar surface area (TPSA) is 170 Å². The minimum Gasteiger partial charge on any atom is -0.378 e. The van der Waals surface area contributed by atoms with E-state index in [1.54, 1.807) is 13.1 Å². The first kappa shape index (κ1) is 39.1. The average Bonchev–Trinajstić information content (AvgIpc) is 3.62. The number of amides is 1. The number of halogens is 6. The zero-order chi connectivity index (χ0) is 40.6. The van der Waals surface area contributed by atoms with Crippen molar-refractivity contribution in [2.24, 2.45) is 18.1 Å². The molecule has 1 amide bonds. The maximum atomic E-state index is 15.4. The van der Waals surface area contributed by atoms with Crippen LogP contribution in [-0.2, 0) is 40.9 Å². The fourth-order valence-corrected chi connectivity index (χ4v) is 8.09. The van der Waals surface area contributed by atoms with Crippen molar-refractivity contribution in [3.63, 3.8) is 0 Å². The predicted octanol–water partition coefficient (Wildman–Crippen LogP) is 5.21. The molecule has 1 fully saturated rings. The second-order valence-electron chi connectivity index (χ2n) is 14.9. The Hall–Kier alpha value is -5.19. The van der Waals surface area contributed by atoms with Crippen LogP contribution in [0, 0.1) is 29.4 Å². The number of aliphatic hydroxyl groups is 1. The van der Waals surface area contributed by atoms with Gasteiger partial charge < -0.3 is 10.4 Å². The third-order valence-corrected chi connectivity index (χ3v) is 10.4. The zero-order valence-electron chi connectivity index (χ0n) is 30.3. The molecule has 3 aromatic heterocycles. The first-order valence-corrected chi connectivity index (χ1v) is 19.0. The van der Waals surface area contributed by atoms with E-state index < -0.39 is 81.5 Å². The van der Waals surface area contributed by atoms with E-state index in [1.165, 1.54) is 24.6 Å². The molecule has 7 rings (SSSR count). The molecule has 5 N–H and O–H groups in total. The van der Waals surface area contributed by atoms with Crippen LogP contribution in [0.15, 0.2) is 36.4 Å². The van der Waals surface area contributed by atoms with Crippen LogP contribution < -0.4 is 15.2 Å². The Kier molecular flexibility index (Phi) is 9.61. The highest BCUT2D eigenvalue weighted by atomic mass is 32.2. The van der Waals surface area contributed by atoms with Gasteiger partial charge in [0.2, 0.25) is 5.91 Å². The molecule has 3 heterocycles. The number of aryl methyl sites for hydroxylation is 1. The van der Waals surface area contributed by atoms with Crippen LogP contribution >= 0.6 is 0 Å². The summed E-state index contributed by atoms with van der Waals surface area (Å²) in [6, 6.07) is 4.58. The van der Waals surface area contributed by atoms with Crippen molar-refractivity contribution in [3.8, 4) is 11.8 Å². The number of carbonyl (C=O) groups excluding carboxylic acids is 1. The molecule has 19 heteroatoms. The molecule has 3 aliphatic rings. The molecule has 296 valence electrons. The summed E-state index contributed by atoms with van der Waals surface area (Å²) < 4.78 is 116. The third-order valence-electron chi connectivity index (χ3n) is 9.95. The smallest absolute Gasteiger partial charge is 0.297 e. The Labute approximate surface area is 317 Å². The van der Waals surface area contributed by atoms with E-state index in [1.807, 2.05) is 13.0 Å². The van der Waals surface area contributed by atoms with Crippen LogP contribution in [-0.4, -0.2) is 49.6 Å². The summed E-state index contributed by atoms with van der Waals surface area (Å²) in [4.78, 5) is 18.7. The summed E-state index contributed by atoms with van der Waals surface area (Å²) in [5, 5.41) is 26.4. The van der Waals surface area contributed by atoms with Crippen LogP contribution in [0.4, 0.5) is 32.2 Å². The number of carbonyl (C=O) groups is 1. The van der Waals surface area contributed by atoms with Crippen LogP contribution in [0.1, 0.15) is 109 Å². The maximum absolute atomic E-state index is 15.4. The molecule has 0 aliphatic heterocycles. The molecule has 1 saturated carbocycles. The number of nitrogens with zero attached hydrogens (tertiary/aromatic N) is 5. The van der Waals surface area contributed by atoms with E-state index in [2.05, 4.69) is 32.1 Å². The minimum absolute atomic E-state index is 0.0188. The van der Waals surface area contributed by atoms with Gasteiger partial charge in [-0.1, -0.05) is 18.9 Å². The van der Waals surface area contributed by atoms with E-state index in [9.17, 15) is 35.9 Å². The van der Waals surface area contributed by atoms with Gasteiger partial charge in [-0.3, -0.25) is 18.9 Å². The van der Waals surface area contributed by atoms with Crippen LogP contribution in [0.3, 0.4) is 0 Å². The van der Waals surface area contributed by atoms with Crippen molar-refractivity contribution in [1.82, 2.24) is 29.9 Å². The molecule has 1 aromatic carbocycles. The molecule has 0 spiro atoms. The minimum atomic E-state index is -4.24. The van der Waals surface area contributed by atoms with Crippen molar-refractivity contribution < 1.29 is 44.7 Å². The summed E-state index contributed by atoms with van der Waals surface area (Å²) in [5.41, 5.74) is -1.27.